The molecule has 2 aromatic rings. The zero-order chi connectivity index (χ0) is 19.3. The van der Waals surface area contributed by atoms with Crippen molar-refractivity contribution in [1.29, 1.82) is 0 Å². The Morgan fingerprint density at radius 3 is 1.89 bits per heavy atom. The van der Waals surface area contributed by atoms with E-state index in [1.54, 1.807) is 0 Å². The maximum absolute atomic E-state index is 12.9. The Balaban J connectivity index is 2.01. The predicted molar refractivity (Wildman–Crippen MR) is 107 cm³/mol. The minimum Gasteiger partial charge on any atom is -0.461 e. The fraction of sp³-hybridized carbons (Fsp3) is 0.273. The number of hydrogen-bond acceptors (Lipinski definition) is 5. The van der Waals surface area contributed by atoms with Gasteiger partial charge in [-0.3, -0.25) is 9.59 Å². The Bertz CT molecular complexity index is 757. The van der Waals surface area contributed by atoms with Gasteiger partial charge in [-0.15, -0.1) is 0 Å². The first-order valence-electron chi connectivity index (χ1n) is 8.96. The molecule has 5 heteroatoms. The molecule has 0 aromatic heterocycles. The van der Waals surface area contributed by atoms with Crippen LogP contribution in [-0.2, 0) is 14.3 Å². The number of ether oxygens (including phenoxy) is 1. The maximum atomic E-state index is 12.9. The summed E-state index contributed by atoms with van der Waals surface area (Å²) in [5, 5.41) is 0. The van der Waals surface area contributed by atoms with E-state index in [9.17, 15) is 9.59 Å². The largest absolute Gasteiger partial charge is 0.461 e. The van der Waals surface area contributed by atoms with Crippen molar-refractivity contribution in [2.45, 2.75) is 6.92 Å². The minimum absolute atomic E-state index is 0.0878. The summed E-state index contributed by atoms with van der Waals surface area (Å²) in [6, 6.07) is 19.6. The topological polar surface area (TPSA) is 49.9 Å². The number of para-hydroxylation sites is 2. The molecule has 1 saturated heterocycles. The van der Waals surface area contributed by atoms with Crippen molar-refractivity contribution in [1.82, 2.24) is 0 Å². The van der Waals surface area contributed by atoms with Gasteiger partial charge >= 0.3 is 5.97 Å². The second-order valence-corrected chi connectivity index (χ2v) is 6.73. The number of benzene rings is 2. The number of nitrogens with zero attached hydrogens (tertiary/aromatic N) is 2. The van der Waals surface area contributed by atoms with Gasteiger partial charge in [-0.1, -0.05) is 49.1 Å². The fourth-order valence-electron chi connectivity index (χ4n) is 3.40. The number of carbonyl (C=O) groups excluding carboxylic acids is 2. The molecule has 27 heavy (non-hydrogen) atoms. The summed E-state index contributed by atoms with van der Waals surface area (Å²) in [5.74, 6) is -0.699. The monoisotopic (exact) mass is 364 g/mol. The maximum Gasteiger partial charge on any atom is 0.323 e. The van der Waals surface area contributed by atoms with Crippen LogP contribution in [0.5, 0.6) is 0 Å². The van der Waals surface area contributed by atoms with E-state index < -0.39 is 11.4 Å². The average Bonchev–Trinajstić information content (AvgIpc) is 2.72. The molecule has 0 aliphatic carbocycles. The number of anilines is 2. The molecule has 3 rings (SSSR count). The average molecular weight is 364 g/mol. The molecule has 1 aliphatic heterocycles. The van der Waals surface area contributed by atoms with Gasteiger partial charge in [-0.05, 0) is 31.2 Å². The number of Topliss-reactive ketones (excluding diaryl/α,β-unsaturated/α-hetero) is 1. The zero-order valence-corrected chi connectivity index (χ0v) is 15.5. The molecule has 0 spiro atoms. The third-order valence-electron chi connectivity index (χ3n) is 4.90. The lowest BCUT2D eigenvalue weighted by atomic mass is 9.81. The van der Waals surface area contributed by atoms with E-state index in [4.69, 9.17) is 4.74 Å². The highest BCUT2D eigenvalue weighted by atomic mass is 16.5. The van der Waals surface area contributed by atoms with Crippen LogP contribution in [0.25, 0.3) is 0 Å². The van der Waals surface area contributed by atoms with Crippen LogP contribution in [0.15, 0.2) is 73.3 Å². The first kappa shape index (κ1) is 18.7. The van der Waals surface area contributed by atoms with Crippen LogP contribution in [0.4, 0.5) is 11.4 Å². The lowest BCUT2D eigenvalue weighted by molar-refractivity contribution is -0.158. The minimum atomic E-state index is -1.26. The van der Waals surface area contributed by atoms with Crippen molar-refractivity contribution in [3.05, 3.63) is 73.3 Å². The van der Waals surface area contributed by atoms with Crippen LogP contribution in [0, 0.1) is 5.41 Å². The molecule has 0 unspecified atom stereocenters. The smallest absolute Gasteiger partial charge is 0.323 e. The number of carbonyl (C=O) groups is 2. The lowest BCUT2D eigenvalue weighted by Crippen LogP contribution is -2.62. The Hall–Kier alpha value is -3.08. The van der Waals surface area contributed by atoms with Gasteiger partial charge in [0.25, 0.3) is 0 Å². The third-order valence-corrected chi connectivity index (χ3v) is 4.90. The molecule has 0 atom stereocenters. The molecule has 2 aromatic carbocycles. The summed E-state index contributed by atoms with van der Waals surface area (Å²) < 4.78 is 5.33. The summed E-state index contributed by atoms with van der Waals surface area (Å²) in [5.41, 5.74) is 0.660. The zero-order valence-electron chi connectivity index (χ0n) is 15.5. The van der Waals surface area contributed by atoms with E-state index in [1.807, 2.05) is 70.5 Å². The molecule has 1 heterocycles. The Kier molecular flexibility index (Phi) is 5.60. The second kappa shape index (κ2) is 8.08. The lowest BCUT2D eigenvalue weighted by Gasteiger charge is -2.46. The first-order valence-corrected chi connectivity index (χ1v) is 8.96. The standard InChI is InChI=1S/C22H24N2O3/c1-3-14-27-21(26)22(18(2)25)15-23(19-10-6-4-7-11-19)17-24(16-22)20-12-8-5-9-13-20/h3-13H,1,14-17H2,2H3. The summed E-state index contributed by atoms with van der Waals surface area (Å²) in [6.07, 6.45) is 1.51. The van der Waals surface area contributed by atoms with Crippen molar-refractivity contribution in [3.8, 4) is 0 Å². The molecular weight excluding hydrogens is 340 g/mol. The van der Waals surface area contributed by atoms with Gasteiger partial charge in [0.2, 0.25) is 0 Å². The Morgan fingerprint density at radius 1 is 1.00 bits per heavy atom. The molecule has 140 valence electrons. The molecule has 1 fully saturated rings. The van der Waals surface area contributed by atoms with Gasteiger partial charge < -0.3 is 14.5 Å². The number of esters is 1. The van der Waals surface area contributed by atoms with Crippen molar-refractivity contribution in [2.75, 3.05) is 36.2 Å². The van der Waals surface area contributed by atoms with Gasteiger partial charge in [0.1, 0.15) is 6.61 Å². The summed E-state index contributed by atoms with van der Waals surface area (Å²) in [6.45, 7) is 6.29. The Labute approximate surface area is 159 Å². The van der Waals surface area contributed by atoms with E-state index in [0.717, 1.165) is 11.4 Å². The van der Waals surface area contributed by atoms with Gasteiger partial charge in [-0.2, -0.15) is 0 Å². The van der Waals surface area contributed by atoms with Gasteiger partial charge in [0.15, 0.2) is 11.2 Å². The van der Waals surface area contributed by atoms with E-state index in [2.05, 4.69) is 6.58 Å². The Morgan fingerprint density at radius 2 is 1.48 bits per heavy atom. The second-order valence-electron chi connectivity index (χ2n) is 6.73. The van der Waals surface area contributed by atoms with Crippen molar-refractivity contribution in [2.24, 2.45) is 5.41 Å². The molecule has 5 nitrogen and oxygen atoms in total. The molecule has 0 radical (unpaired) electrons. The molecule has 0 N–H and O–H groups in total. The quantitative estimate of drug-likeness (QED) is 0.447. The molecule has 0 saturated carbocycles. The number of hydrogen-bond donors (Lipinski definition) is 0. The van der Waals surface area contributed by atoms with E-state index in [0.29, 0.717) is 6.67 Å². The normalized spacial score (nSPS) is 15.9. The number of ketones is 1. The summed E-state index contributed by atoms with van der Waals surface area (Å²) in [4.78, 5) is 29.7. The van der Waals surface area contributed by atoms with E-state index >= 15 is 0 Å². The van der Waals surface area contributed by atoms with Crippen molar-refractivity contribution in [3.63, 3.8) is 0 Å². The van der Waals surface area contributed by atoms with Gasteiger partial charge in [0, 0.05) is 24.5 Å². The van der Waals surface area contributed by atoms with Crippen molar-refractivity contribution < 1.29 is 14.3 Å². The third kappa shape index (κ3) is 3.87. The highest BCUT2D eigenvalue weighted by molar-refractivity contribution is 6.04. The van der Waals surface area contributed by atoms with Crippen LogP contribution in [0.1, 0.15) is 6.92 Å². The van der Waals surface area contributed by atoms with Crippen LogP contribution >= 0.6 is 0 Å². The van der Waals surface area contributed by atoms with Gasteiger partial charge in [0.05, 0.1) is 6.67 Å². The van der Waals surface area contributed by atoms with Gasteiger partial charge in [-0.25, -0.2) is 0 Å². The fourth-order valence-corrected chi connectivity index (χ4v) is 3.40. The van der Waals surface area contributed by atoms with Crippen molar-refractivity contribution >= 4 is 23.1 Å². The summed E-state index contributed by atoms with van der Waals surface area (Å²) in [7, 11) is 0. The molecule has 0 bridgehead atoms. The van der Waals surface area contributed by atoms with Crippen LogP contribution < -0.4 is 9.80 Å². The van der Waals surface area contributed by atoms with E-state index in [-0.39, 0.29) is 25.5 Å². The number of rotatable bonds is 6. The highest BCUT2D eigenvalue weighted by Gasteiger charge is 2.50. The van der Waals surface area contributed by atoms with Crippen LogP contribution in [-0.4, -0.2) is 38.1 Å². The van der Waals surface area contributed by atoms with Crippen LogP contribution in [0.3, 0.4) is 0 Å². The first-order chi connectivity index (χ1) is 13.1. The van der Waals surface area contributed by atoms with E-state index in [1.165, 1.54) is 13.0 Å². The predicted octanol–water partition coefficient (Wildman–Crippen LogP) is 3.28. The molecular formula is C22H24N2O3. The van der Waals surface area contributed by atoms with Crippen LogP contribution in [0.2, 0.25) is 0 Å². The SMILES string of the molecule is C=CCOC(=O)C1(C(C)=O)CN(c2ccccc2)CN(c2ccccc2)C1. The molecule has 0 amide bonds. The highest BCUT2D eigenvalue weighted by Crippen LogP contribution is 2.34. The molecule has 1 aliphatic rings. The summed E-state index contributed by atoms with van der Waals surface area (Å²) >= 11 is 0.